The van der Waals surface area contributed by atoms with Crippen LogP contribution in [-0.2, 0) is 8.23 Å². The lowest BCUT2D eigenvalue weighted by Crippen LogP contribution is -2.46. The Hall–Kier alpha value is -0.469. The first-order valence-electron chi connectivity index (χ1n) is 7.11. The maximum atomic E-state index is 6.03. The van der Waals surface area contributed by atoms with Crippen LogP contribution in [0.3, 0.4) is 0 Å². The molecule has 0 radical (unpaired) electrons. The van der Waals surface area contributed by atoms with E-state index in [1.807, 2.05) is 36.4 Å². The molecule has 0 unspecified atom stereocenters. The average Bonchev–Trinajstić information content (AvgIpc) is 2.25. The van der Waals surface area contributed by atoms with E-state index in [-0.39, 0.29) is 0 Å². The van der Waals surface area contributed by atoms with E-state index in [0.717, 1.165) is 0 Å². The number of hydrogen-bond acceptors (Lipinski definition) is 2. The minimum absolute atomic E-state index is 0.926. The summed E-state index contributed by atoms with van der Waals surface area (Å²) in [5, 5.41) is 0. The average molecular weight is 327 g/mol. The van der Waals surface area contributed by atoms with Crippen LogP contribution < -0.4 is 0 Å². The first-order chi connectivity index (χ1) is 9.06. The predicted octanol–water partition coefficient (Wildman–Crippen LogP) is 4.87. The van der Waals surface area contributed by atoms with Crippen molar-refractivity contribution in [2.45, 2.75) is 45.8 Å². The van der Waals surface area contributed by atoms with Gasteiger partial charge in [0.25, 0.3) is 0 Å². The van der Waals surface area contributed by atoms with Crippen LogP contribution in [0.5, 0.6) is 0 Å². The zero-order valence-electron chi connectivity index (χ0n) is 14.1. The Morgan fingerprint density at radius 1 is 1.00 bits per heavy atom. The molecule has 1 rings (SSSR count). The minimum atomic E-state index is -1.78. The molecule has 0 bridgehead atoms. The third-order valence-electron chi connectivity index (χ3n) is 2.11. The summed E-state index contributed by atoms with van der Waals surface area (Å²) >= 11 is 0. The van der Waals surface area contributed by atoms with Gasteiger partial charge in [0.2, 0.25) is 0 Å². The molecule has 0 aliphatic carbocycles. The van der Waals surface area contributed by atoms with Crippen molar-refractivity contribution < 1.29 is 8.23 Å². The predicted molar refractivity (Wildman–Crippen MR) is 98.4 cm³/mol. The van der Waals surface area contributed by atoms with Gasteiger partial charge in [0.1, 0.15) is 0 Å². The summed E-state index contributed by atoms with van der Waals surface area (Å²) in [6, 6.07) is 10.0. The molecule has 5 heteroatoms. The van der Waals surface area contributed by atoms with Crippen molar-refractivity contribution in [3.63, 3.8) is 0 Å². The Morgan fingerprint density at radius 2 is 1.50 bits per heavy atom. The van der Waals surface area contributed by atoms with E-state index >= 15 is 0 Å². The van der Waals surface area contributed by atoms with Gasteiger partial charge in [-0.15, -0.1) is 0 Å². The fourth-order valence-electron chi connectivity index (χ4n) is 1.92. The Morgan fingerprint density at radius 3 is 1.80 bits per heavy atom. The van der Waals surface area contributed by atoms with E-state index in [9.17, 15) is 0 Å². The van der Waals surface area contributed by atoms with Gasteiger partial charge in [-0.25, -0.2) is 0 Å². The highest BCUT2D eigenvalue weighted by Crippen LogP contribution is 2.15. The SMILES string of the molecule is C=Cc1ccccc1.C[SiH](C)O[Si](C)(C)O[Si](C)(C)C. The van der Waals surface area contributed by atoms with Crippen LogP contribution in [0.2, 0.25) is 45.8 Å². The molecule has 0 aliphatic heterocycles. The van der Waals surface area contributed by atoms with Gasteiger partial charge >= 0.3 is 8.56 Å². The van der Waals surface area contributed by atoms with E-state index < -0.39 is 25.9 Å². The largest absolute Gasteiger partial charge is 0.440 e. The quantitative estimate of drug-likeness (QED) is 0.719. The molecule has 0 N–H and O–H groups in total. The lowest BCUT2D eigenvalue weighted by molar-refractivity contribution is 0.405. The van der Waals surface area contributed by atoms with Crippen LogP contribution in [0.4, 0.5) is 0 Å². The van der Waals surface area contributed by atoms with E-state index in [1.165, 1.54) is 5.56 Å². The fourth-order valence-corrected chi connectivity index (χ4v) is 13.0. The summed E-state index contributed by atoms with van der Waals surface area (Å²) in [5.41, 5.74) is 1.17. The monoisotopic (exact) mass is 326 g/mol. The normalized spacial score (nSPS) is 11.8. The maximum absolute atomic E-state index is 6.03. The molecule has 0 aromatic heterocycles. The molecule has 2 nitrogen and oxygen atoms in total. The lowest BCUT2D eigenvalue weighted by atomic mass is 10.2. The molecule has 114 valence electrons. The van der Waals surface area contributed by atoms with Crippen LogP contribution in [0.1, 0.15) is 5.56 Å². The summed E-state index contributed by atoms with van der Waals surface area (Å²) in [4.78, 5) is 0. The molecule has 1 aromatic carbocycles. The molecule has 0 atom stereocenters. The summed E-state index contributed by atoms with van der Waals surface area (Å²) < 4.78 is 11.9. The van der Waals surface area contributed by atoms with Crippen LogP contribution in [-0.4, -0.2) is 25.9 Å². The molecule has 0 spiro atoms. The highest BCUT2D eigenvalue weighted by Gasteiger charge is 2.31. The van der Waals surface area contributed by atoms with Gasteiger partial charge in [-0.2, -0.15) is 0 Å². The molecular formula is C15H30O2Si3. The number of benzene rings is 1. The molecule has 0 saturated carbocycles. The topological polar surface area (TPSA) is 18.5 Å². The molecule has 0 fully saturated rings. The van der Waals surface area contributed by atoms with Gasteiger partial charge < -0.3 is 8.23 Å². The van der Waals surface area contributed by atoms with Gasteiger partial charge in [0.15, 0.2) is 17.4 Å². The molecule has 20 heavy (non-hydrogen) atoms. The van der Waals surface area contributed by atoms with Crippen LogP contribution in [0, 0.1) is 0 Å². The lowest BCUT2D eigenvalue weighted by Gasteiger charge is -2.32. The van der Waals surface area contributed by atoms with Crippen LogP contribution >= 0.6 is 0 Å². The maximum Gasteiger partial charge on any atom is 0.310 e. The van der Waals surface area contributed by atoms with Gasteiger partial charge in [-0.1, -0.05) is 43.0 Å². The van der Waals surface area contributed by atoms with Gasteiger partial charge in [0.05, 0.1) is 0 Å². The van der Waals surface area contributed by atoms with Crippen molar-refractivity contribution in [3.8, 4) is 0 Å². The Kier molecular flexibility index (Phi) is 8.53. The van der Waals surface area contributed by atoms with Gasteiger partial charge in [-0.05, 0) is 51.4 Å². The van der Waals surface area contributed by atoms with Crippen molar-refractivity contribution in [2.75, 3.05) is 0 Å². The van der Waals surface area contributed by atoms with E-state index in [2.05, 4.69) is 52.4 Å². The minimum Gasteiger partial charge on any atom is -0.440 e. The van der Waals surface area contributed by atoms with Crippen molar-refractivity contribution in [2.24, 2.45) is 0 Å². The summed E-state index contributed by atoms with van der Waals surface area (Å²) in [5.74, 6) is 0. The standard InChI is InChI=1S/C8H8.C7H22O2Si3/c1-2-8-6-4-3-5-7-8;1-10(2)8-12(6,7)9-11(3,4)5/h2-7H,1H2;10H,1-7H3. The van der Waals surface area contributed by atoms with E-state index in [4.69, 9.17) is 8.23 Å². The smallest absolute Gasteiger partial charge is 0.310 e. The van der Waals surface area contributed by atoms with Crippen LogP contribution in [0.25, 0.3) is 6.08 Å². The second kappa shape index (κ2) is 8.74. The third kappa shape index (κ3) is 11.4. The molecule has 1 aromatic rings. The first kappa shape index (κ1) is 19.5. The van der Waals surface area contributed by atoms with Crippen molar-refractivity contribution in [3.05, 3.63) is 42.5 Å². The number of hydrogen-bond donors (Lipinski definition) is 0. The Labute approximate surface area is 128 Å². The Balaban J connectivity index is 0.000000388. The highest BCUT2D eigenvalue weighted by atomic mass is 28.5. The highest BCUT2D eigenvalue weighted by molar-refractivity contribution is 6.83. The molecule has 0 heterocycles. The fraction of sp³-hybridized carbons (Fsp3) is 0.467. The third-order valence-corrected chi connectivity index (χ3v) is 10.7. The van der Waals surface area contributed by atoms with Gasteiger partial charge in [0, 0.05) is 0 Å². The van der Waals surface area contributed by atoms with Crippen molar-refractivity contribution >= 4 is 32.0 Å². The summed E-state index contributed by atoms with van der Waals surface area (Å²) in [6.07, 6.45) is 1.83. The summed E-state index contributed by atoms with van der Waals surface area (Å²) in [7, 11) is -4.10. The van der Waals surface area contributed by atoms with Crippen molar-refractivity contribution in [1.29, 1.82) is 0 Å². The second-order valence-electron chi connectivity index (χ2n) is 6.40. The zero-order valence-corrected chi connectivity index (χ0v) is 17.2. The zero-order chi connectivity index (χ0) is 15.8. The van der Waals surface area contributed by atoms with Gasteiger partial charge in [-0.3, -0.25) is 0 Å². The molecule has 0 aliphatic rings. The molecule has 0 amide bonds. The van der Waals surface area contributed by atoms with E-state index in [1.54, 1.807) is 0 Å². The second-order valence-corrected chi connectivity index (χ2v) is 17.3. The van der Waals surface area contributed by atoms with Crippen molar-refractivity contribution in [1.82, 2.24) is 0 Å². The summed E-state index contributed by atoms with van der Waals surface area (Å²) in [6.45, 7) is 19.0. The molecule has 0 saturated heterocycles. The first-order valence-corrected chi connectivity index (χ1v) is 16.1. The van der Waals surface area contributed by atoms with E-state index in [0.29, 0.717) is 0 Å². The Bertz CT molecular complexity index is 384. The molecular weight excluding hydrogens is 296 g/mol. The van der Waals surface area contributed by atoms with Crippen LogP contribution in [0.15, 0.2) is 36.9 Å². The number of rotatable bonds is 5.